The number of piperidine rings is 2. The van der Waals surface area contributed by atoms with E-state index in [0.29, 0.717) is 47.7 Å². The zero-order valence-corrected chi connectivity index (χ0v) is 34.9. The molecule has 3 N–H and O–H groups in total. The van der Waals surface area contributed by atoms with Gasteiger partial charge in [0.25, 0.3) is 5.91 Å². The van der Waals surface area contributed by atoms with Crippen LogP contribution in [0.15, 0.2) is 67.0 Å². The molecule has 0 bridgehead atoms. The summed E-state index contributed by atoms with van der Waals surface area (Å²) in [7, 11) is 1.82. The normalized spacial score (nSPS) is 22.6. The minimum atomic E-state index is -1.00. The number of aromatic nitrogens is 4. The Hall–Kier alpha value is -5.60. The van der Waals surface area contributed by atoms with Crippen LogP contribution in [0.5, 0.6) is 5.75 Å². The minimum absolute atomic E-state index is 0.126. The Balaban J connectivity index is 0.751. The van der Waals surface area contributed by atoms with Gasteiger partial charge in [-0.2, -0.15) is 0 Å². The van der Waals surface area contributed by atoms with Gasteiger partial charge in [-0.1, -0.05) is 29.8 Å². The second kappa shape index (κ2) is 16.0. The second-order valence-electron chi connectivity index (χ2n) is 17.4. The number of carbonyl (C=O) groups excluding carboxylic acids is 3. The van der Waals surface area contributed by atoms with E-state index < -0.39 is 24.0 Å². The first kappa shape index (κ1) is 39.5. The molecule has 2 saturated heterocycles. The highest BCUT2D eigenvalue weighted by molar-refractivity contribution is 6.31. The molecule has 3 aliphatic heterocycles. The SMILES string of the molecule is CNc1cc(N2CCc3c(-c4ccc(CN5CCC6(CCC(Oc7ccc(Cl)c(C8CCC(=O)NC8=O)c7)CC6)CC5)cn4)cccc32)nn2c(C(=O)NC3C[C@@H]3F)cnc12. The number of carbonyl (C=O) groups is 3. The molecule has 2 saturated carbocycles. The average molecular weight is 846 g/mol. The number of anilines is 3. The maximum atomic E-state index is 13.6. The first-order valence-electron chi connectivity index (χ1n) is 21.5. The molecule has 0 radical (unpaired) electrons. The lowest BCUT2D eigenvalue weighted by molar-refractivity contribution is -0.134. The number of benzene rings is 2. The van der Waals surface area contributed by atoms with Crippen LogP contribution in [0.25, 0.3) is 16.9 Å². The van der Waals surface area contributed by atoms with Crippen molar-refractivity contribution in [1.82, 2.24) is 35.1 Å². The van der Waals surface area contributed by atoms with Crippen molar-refractivity contribution < 1.29 is 23.5 Å². The highest BCUT2D eigenvalue weighted by atomic mass is 35.5. The fraction of sp³-hybridized carbons (Fsp3) is 0.435. The Bertz CT molecular complexity index is 2510. The van der Waals surface area contributed by atoms with Gasteiger partial charge in [0, 0.05) is 61.5 Å². The molecule has 15 heteroatoms. The van der Waals surface area contributed by atoms with Gasteiger partial charge in [-0.3, -0.25) is 29.6 Å². The third kappa shape index (κ3) is 7.80. The number of ether oxygens (including phenoxy) is 1. The highest BCUT2D eigenvalue weighted by Crippen LogP contribution is 2.46. The topological polar surface area (TPSA) is 146 Å². The van der Waals surface area contributed by atoms with Gasteiger partial charge in [0.1, 0.15) is 11.9 Å². The lowest BCUT2D eigenvalue weighted by Gasteiger charge is -2.46. The number of amides is 3. The summed E-state index contributed by atoms with van der Waals surface area (Å²) in [5.74, 6) is 0.0463. The number of fused-ring (bicyclic) bond motifs is 2. The monoisotopic (exact) mass is 845 g/mol. The number of halogens is 2. The van der Waals surface area contributed by atoms with Gasteiger partial charge < -0.3 is 20.3 Å². The number of nitrogens with zero attached hydrogens (tertiary/aromatic N) is 6. The van der Waals surface area contributed by atoms with Gasteiger partial charge in [-0.15, -0.1) is 5.10 Å². The number of pyridine rings is 1. The summed E-state index contributed by atoms with van der Waals surface area (Å²) in [5.41, 5.74) is 8.08. The van der Waals surface area contributed by atoms with Gasteiger partial charge in [0.15, 0.2) is 17.2 Å². The first-order chi connectivity index (χ1) is 29.6. The van der Waals surface area contributed by atoms with Crippen molar-refractivity contribution in [3.8, 4) is 17.0 Å². The largest absolute Gasteiger partial charge is 0.490 e. The van der Waals surface area contributed by atoms with Crippen LogP contribution in [0.3, 0.4) is 0 Å². The van der Waals surface area contributed by atoms with Crippen LogP contribution >= 0.6 is 11.6 Å². The van der Waals surface area contributed by atoms with E-state index in [1.54, 1.807) is 10.6 Å². The van der Waals surface area contributed by atoms with Crippen molar-refractivity contribution in [1.29, 1.82) is 0 Å². The number of hydrogen-bond donors (Lipinski definition) is 3. The Morgan fingerprint density at radius 1 is 0.984 bits per heavy atom. The van der Waals surface area contributed by atoms with E-state index >= 15 is 0 Å². The average Bonchev–Trinajstić information content (AvgIpc) is 3.59. The fourth-order valence-electron chi connectivity index (χ4n) is 9.88. The van der Waals surface area contributed by atoms with Crippen LogP contribution in [-0.4, -0.2) is 87.2 Å². The summed E-state index contributed by atoms with van der Waals surface area (Å²) < 4.78 is 21.6. The second-order valence-corrected chi connectivity index (χ2v) is 17.8. The Kier molecular flexibility index (Phi) is 10.4. The summed E-state index contributed by atoms with van der Waals surface area (Å²) in [4.78, 5) is 51.4. The van der Waals surface area contributed by atoms with E-state index in [-0.39, 0.29) is 23.6 Å². The Morgan fingerprint density at radius 2 is 1.80 bits per heavy atom. The number of alkyl halides is 1. The van der Waals surface area contributed by atoms with Crippen LogP contribution in [0.1, 0.15) is 90.9 Å². The molecule has 4 fully saturated rings. The quantitative estimate of drug-likeness (QED) is 0.124. The number of nitrogens with one attached hydrogen (secondary N) is 3. The molecule has 13 nitrogen and oxygen atoms in total. The molecule has 10 rings (SSSR count). The van der Waals surface area contributed by atoms with Crippen LogP contribution < -0.4 is 25.6 Å². The van der Waals surface area contributed by atoms with Gasteiger partial charge in [0.05, 0.1) is 35.6 Å². The highest BCUT2D eigenvalue weighted by Gasteiger charge is 2.40. The van der Waals surface area contributed by atoms with E-state index in [0.717, 1.165) is 85.7 Å². The molecule has 3 amide bonds. The standard InChI is InChI=1S/C46H49ClFN9O4/c1-49-38-23-41(54-57-40(25-51-43(38)57)45(60)52-37-22-35(37)48)56-18-13-31-30(3-2-4-39(31)56)36-9-5-27(24-50-36)26-55-19-16-46(17-20-55)14-11-28(12-15-46)61-29-6-8-34(47)33(21-29)32-7-10-42(58)53-44(32)59/h2-6,8-9,21,23-25,28,32,35,37,49H,7,10-20,22,26H2,1H3,(H,52,60)(H,53,58,59)/t32?,35-,37?/m0/s1. The van der Waals surface area contributed by atoms with E-state index in [4.69, 9.17) is 26.4 Å². The lowest BCUT2D eigenvalue weighted by Crippen LogP contribution is -2.42. The van der Waals surface area contributed by atoms with E-state index in [9.17, 15) is 18.8 Å². The number of hydrogen-bond acceptors (Lipinski definition) is 10. The Morgan fingerprint density at radius 3 is 2.54 bits per heavy atom. The Labute approximate surface area is 358 Å². The molecule has 1 spiro atoms. The van der Waals surface area contributed by atoms with Gasteiger partial charge in [-0.05, 0) is 117 Å². The zero-order chi connectivity index (χ0) is 41.8. The summed E-state index contributed by atoms with van der Waals surface area (Å²) >= 11 is 6.50. The van der Waals surface area contributed by atoms with Gasteiger partial charge >= 0.3 is 0 Å². The molecule has 3 atom stereocenters. The van der Waals surface area contributed by atoms with E-state index in [1.807, 2.05) is 31.4 Å². The van der Waals surface area contributed by atoms with Crippen molar-refractivity contribution in [3.05, 3.63) is 94.4 Å². The first-order valence-corrected chi connectivity index (χ1v) is 21.9. The van der Waals surface area contributed by atoms with Crippen LogP contribution in [0, 0.1) is 5.41 Å². The number of imide groups is 1. The molecular formula is C46H49ClFN9O4. The summed E-state index contributed by atoms with van der Waals surface area (Å²) in [6.07, 6.45) is 11.2. The summed E-state index contributed by atoms with van der Waals surface area (Å²) in [5, 5.41) is 13.8. The third-order valence-electron chi connectivity index (χ3n) is 13.6. The fourth-order valence-corrected chi connectivity index (χ4v) is 10.1. The van der Waals surface area contributed by atoms with Crippen molar-refractivity contribution in [2.45, 2.75) is 95.0 Å². The molecule has 316 valence electrons. The predicted octanol–water partition coefficient (Wildman–Crippen LogP) is 7.14. The molecule has 2 unspecified atom stereocenters. The molecule has 2 aliphatic carbocycles. The molecule has 5 aliphatic rings. The maximum absolute atomic E-state index is 13.6. The molecule has 6 heterocycles. The van der Waals surface area contributed by atoms with Crippen molar-refractivity contribution in [2.75, 3.05) is 36.9 Å². The molecule has 3 aromatic heterocycles. The number of imidazole rings is 1. The number of rotatable bonds is 10. The van der Waals surface area contributed by atoms with Gasteiger partial charge in [0.2, 0.25) is 11.8 Å². The molecule has 61 heavy (non-hydrogen) atoms. The van der Waals surface area contributed by atoms with Crippen molar-refractivity contribution >= 4 is 52.2 Å². The smallest absolute Gasteiger partial charge is 0.271 e. The number of likely N-dealkylation sites (tertiary alicyclic amines) is 1. The summed E-state index contributed by atoms with van der Waals surface area (Å²) in [6.45, 7) is 3.70. The zero-order valence-electron chi connectivity index (χ0n) is 34.1. The van der Waals surface area contributed by atoms with Crippen LogP contribution in [0.2, 0.25) is 5.02 Å². The van der Waals surface area contributed by atoms with Crippen molar-refractivity contribution in [3.63, 3.8) is 0 Å². The predicted molar refractivity (Wildman–Crippen MR) is 230 cm³/mol. The molecular weight excluding hydrogens is 797 g/mol. The molecule has 2 aromatic carbocycles. The third-order valence-corrected chi connectivity index (χ3v) is 13.9. The van der Waals surface area contributed by atoms with Crippen LogP contribution in [0.4, 0.5) is 21.6 Å². The van der Waals surface area contributed by atoms with Crippen molar-refractivity contribution in [2.24, 2.45) is 5.41 Å². The summed E-state index contributed by atoms with van der Waals surface area (Å²) in [6, 6.07) is 17.7. The van der Waals surface area contributed by atoms with E-state index in [1.165, 1.54) is 30.2 Å². The van der Waals surface area contributed by atoms with Crippen LogP contribution in [-0.2, 0) is 22.6 Å². The van der Waals surface area contributed by atoms with E-state index in [2.05, 4.69) is 61.1 Å². The minimum Gasteiger partial charge on any atom is -0.490 e. The molecule has 5 aromatic rings. The van der Waals surface area contributed by atoms with Gasteiger partial charge in [-0.25, -0.2) is 13.9 Å². The lowest BCUT2D eigenvalue weighted by atomic mass is 9.67. The maximum Gasteiger partial charge on any atom is 0.271 e.